The first-order chi connectivity index (χ1) is 35.6. The third-order valence-electron chi connectivity index (χ3n) is 22.5. The number of carbonyl (C=O) groups is 1. The van der Waals surface area contributed by atoms with Crippen molar-refractivity contribution in [2.45, 2.75) is 247 Å². The Morgan fingerprint density at radius 1 is 0.566 bits per heavy atom. The van der Waals surface area contributed by atoms with Crippen molar-refractivity contribution in [3.8, 4) is 0 Å². The maximum atomic E-state index is 12.8. The van der Waals surface area contributed by atoms with Crippen LogP contribution in [0.5, 0.6) is 0 Å². The number of ether oxygens (including phenoxy) is 9. The van der Waals surface area contributed by atoms with Gasteiger partial charge in [-0.3, -0.25) is 4.79 Å². The molecule has 30 atom stereocenters. The third kappa shape index (κ3) is 8.48. The molecule has 0 aromatic carbocycles. The smallest absolute Gasteiger partial charge is 0.309 e. The van der Waals surface area contributed by atoms with Crippen molar-refractivity contribution < 1.29 is 114 Å². The van der Waals surface area contributed by atoms with Gasteiger partial charge in [0.2, 0.25) is 0 Å². The molecule has 10 rings (SSSR count). The summed E-state index contributed by atoms with van der Waals surface area (Å²) in [4.78, 5) is 12.8. The van der Waals surface area contributed by atoms with Crippen molar-refractivity contribution in [3.05, 3.63) is 0 Å². The van der Waals surface area contributed by atoms with Crippen molar-refractivity contribution in [2.24, 2.45) is 50.2 Å². The van der Waals surface area contributed by atoms with Gasteiger partial charge >= 0.3 is 5.97 Å². The van der Waals surface area contributed by atoms with E-state index in [4.69, 9.17) is 42.6 Å². The normalized spacial score (nSPS) is 57.9. The number of rotatable bonds is 11. The van der Waals surface area contributed by atoms with Gasteiger partial charge in [-0.25, -0.2) is 0 Å². The van der Waals surface area contributed by atoms with Crippen LogP contribution in [0.15, 0.2) is 0 Å². The van der Waals surface area contributed by atoms with E-state index in [1.807, 2.05) is 6.92 Å². The van der Waals surface area contributed by atoms with Crippen molar-refractivity contribution >= 4 is 5.97 Å². The summed E-state index contributed by atoms with van der Waals surface area (Å²) in [6.07, 6.45) is -26.5. The fourth-order valence-electron chi connectivity index (χ4n) is 17.7. The van der Waals surface area contributed by atoms with Gasteiger partial charge in [0.15, 0.2) is 25.2 Å². The molecule has 2 bridgehead atoms. The number of aliphatic hydroxyl groups is 12. The van der Waals surface area contributed by atoms with Crippen LogP contribution in [0.1, 0.15) is 113 Å². The molecular formula is C53H86O23. The van der Waals surface area contributed by atoms with E-state index in [1.165, 1.54) is 6.92 Å². The second-order valence-corrected chi connectivity index (χ2v) is 26.3. The van der Waals surface area contributed by atoms with Crippen LogP contribution in [0, 0.1) is 50.2 Å². The lowest BCUT2D eigenvalue weighted by Crippen LogP contribution is -2.74. The highest BCUT2D eigenvalue weighted by Gasteiger charge is 2.80. The van der Waals surface area contributed by atoms with E-state index >= 15 is 0 Å². The standard InChI is InChI=1S/C53H86O23/c1-22-31(57)34(60)37(63)42(70-22)73-25-20-68-45(41(76-44-39(65)36(62)33(59)24(19-55)72-44)40(25)75-43-38(64)35(61)32(58)23(18-54)71-43)74-30-10-11-49(5)26(47(30,2)3)8-12-50(6)27(49)9-13-53-28-16-48(4,46(66)67)14-15-52(28,21-69-53)29(56)17-51(50,53)7/h22-45,54-65H,8-21H2,1-7H3,(H,66,67)/t22-,23+,24+,25-,26?,27+,28?,29+,30-,31-,32+,33+,34+,35-,36-,37+,38+,39+,40-,41+,42-,43+,44-,45-,48?,49-,50+,51-,52?,53?/m0/s1. The number of fused-ring (bicyclic) bond motifs is 4. The van der Waals surface area contributed by atoms with Crippen LogP contribution in [0.4, 0.5) is 0 Å². The quantitative estimate of drug-likeness (QED) is 0.103. The van der Waals surface area contributed by atoms with Crippen LogP contribution < -0.4 is 0 Å². The minimum Gasteiger partial charge on any atom is -0.481 e. The predicted molar refractivity (Wildman–Crippen MR) is 257 cm³/mol. The lowest BCUT2D eigenvalue weighted by atomic mass is 9.30. The van der Waals surface area contributed by atoms with Crippen molar-refractivity contribution in [1.82, 2.24) is 0 Å². The Balaban J connectivity index is 0.964. The lowest BCUT2D eigenvalue weighted by molar-refractivity contribution is -0.403. The Morgan fingerprint density at radius 2 is 1.13 bits per heavy atom. The number of aliphatic carboxylic acids is 1. The minimum absolute atomic E-state index is 0.0518. The molecule has 436 valence electrons. The predicted octanol–water partition coefficient (Wildman–Crippen LogP) is -1.62. The summed E-state index contributed by atoms with van der Waals surface area (Å²) < 4.78 is 57.5. The molecule has 0 aromatic heterocycles. The first-order valence-electron chi connectivity index (χ1n) is 27.7. The molecule has 23 nitrogen and oxygen atoms in total. The Bertz CT molecular complexity index is 2100. The van der Waals surface area contributed by atoms with Gasteiger partial charge in [0, 0.05) is 10.8 Å². The number of aliphatic hydroxyl groups excluding tert-OH is 12. The lowest BCUT2D eigenvalue weighted by Gasteiger charge is -2.75. The van der Waals surface area contributed by atoms with E-state index in [1.54, 1.807) is 0 Å². The van der Waals surface area contributed by atoms with Gasteiger partial charge in [-0.05, 0) is 112 Å². The fraction of sp³-hybridized carbons (Fsp3) is 0.981. The molecule has 5 aliphatic carbocycles. The molecule has 10 aliphatic rings. The highest BCUT2D eigenvalue weighted by Crippen LogP contribution is 2.80. The molecule has 0 amide bonds. The molecule has 5 unspecified atom stereocenters. The summed E-state index contributed by atoms with van der Waals surface area (Å²) >= 11 is 0. The Morgan fingerprint density at radius 3 is 1.72 bits per heavy atom. The number of hydrogen-bond acceptors (Lipinski definition) is 22. The van der Waals surface area contributed by atoms with Crippen LogP contribution in [0.25, 0.3) is 0 Å². The van der Waals surface area contributed by atoms with Crippen LogP contribution in [-0.4, -0.2) is 233 Å². The first kappa shape index (κ1) is 57.8. The molecule has 0 radical (unpaired) electrons. The molecular weight excluding hydrogens is 1000 g/mol. The minimum atomic E-state index is -1.96. The molecule has 23 heteroatoms. The van der Waals surface area contributed by atoms with Gasteiger partial charge in [0.05, 0.1) is 55.8 Å². The Kier molecular flexibility index (Phi) is 15.4. The summed E-state index contributed by atoms with van der Waals surface area (Å²) in [5, 5.41) is 141. The molecule has 5 saturated heterocycles. The van der Waals surface area contributed by atoms with Crippen LogP contribution >= 0.6 is 0 Å². The summed E-state index contributed by atoms with van der Waals surface area (Å²) in [5.41, 5.74) is -3.66. The van der Waals surface area contributed by atoms with E-state index < -0.39 is 182 Å². The van der Waals surface area contributed by atoms with Gasteiger partial charge in [0.25, 0.3) is 0 Å². The zero-order valence-electron chi connectivity index (χ0n) is 44.7. The van der Waals surface area contributed by atoms with Crippen LogP contribution in [-0.2, 0) is 47.4 Å². The maximum absolute atomic E-state index is 12.8. The molecule has 5 heterocycles. The van der Waals surface area contributed by atoms with Crippen LogP contribution in [0.2, 0.25) is 0 Å². The zero-order chi connectivity index (χ0) is 55.2. The van der Waals surface area contributed by atoms with E-state index in [2.05, 4.69) is 34.6 Å². The summed E-state index contributed by atoms with van der Waals surface area (Å²) in [5.74, 6) is -0.691. The van der Waals surface area contributed by atoms with Crippen molar-refractivity contribution in [2.75, 3.05) is 26.4 Å². The van der Waals surface area contributed by atoms with E-state index in [9.17, 15) is 71.2 Å². The average molecular weight is 1090 g/mol. The van der Waals surface area contributed by atoms with Gasteiger partial charge in [-0.15, -0.1) is 0 Å². The molecule has 5 aliphatic heterocycles. The van der Waals surface area contributed by atoms with Crippen LogP contribution in [0.3, 0.4) is 0 Å². The Hall–Kier alpha value is -1.37. The SMILES string of the molecule is C[C@@H]1O[C@@H](O[C@H]2CO[C@@H](O[C@H]3CC[C@@]4(C)C(CC[C@]5(C)[C@@H]4CCC46OCC7(CCC(C)(C(=O)O)CC74)[C@H](O)C[C@]65C)C3(C)C)[C@H](O[C@@H]3O[C@H](CO)[C@@H](O)[C@H](O)[C@H]3O)[C@H]2O[C@H]2O[C@H](CO)[C@@H](O)[C@H](O)[C@H]2O)[C@H](O)[C@H](O)[C@H]1O. The molecule has 76 heavy (non-hydrogen) atoms. The van der Waals surface area contributed by atoms with E-state index in [0.717, 1.165) is 25.7 Å². The second kappa shape index (κ2) is 20.2. The second-order valence-electron chi connectivity index (χ2n) is 26.3. The average Bonchev–Trinajstić information content (AvgIpc) is 3.82. The largest absolute Gasteiger partial charge is 0.481 e. The summed E-state index contributed by atoms with van der Waals surface area (Å²) in [6.45, 7) is 13.0. The maximum Gasteiger partial charge on any atom is 0.309 e. The van der Waals surface area contributed by atoms with E-state index in [0.29, 0.717) is 45.1 Å². The number of hydrogen-bond donors (Lipinski definition) is 13. The zero-order valence-corrected chi connectivity index (χ0v) is 44.7. The molecule has 13 N–H and O–H groups in total. The molecule has 0 aromatic rings. The van der Waals surface area contributed by atoms with Crippen molar-refractivity contribution in [3.63, 3.8) is 0 Å². The molecule has 1 spiro atoms. The Labute approximate surface area is 442 Å². The van der Waals surface area contributed by atoms with E-state index in [-0.39, 0.29) is 28.6 Å². The topological polar surface area (TPSA) is 363 Å². The molecule has 10 fully saturated rings. The highest BCUT2D eigenvalue weighted by molar-refractivity contribution is 5.74. The number of carboxylic acid groups (broad SMARTS) is 1. The first-order valence-corrected chi connectivity index (χ1v) is 27.7. The summed E-state index contributed by atoms with van der Waals surface area (Å²) in [6, 6.07) is 0. The monoisotopic (exact) mass is 1090 g/mol. The van der Waals surface area contributed by atoms with Gasteiger partial charge in [-0.1, -0.05) is 34.6 Å². The van der Waals surface area contributed by atoms with Gasteiger partial charge in [0.1, 0.15) is 85.5 Å². The number of carboxylic acids is 1. The molecule has 5 saturated carbocycles. The third-order valence-corrected chi connectivity index (χ3v) is 22.5. The van der Waals surface area contributed by atoms with Gasteiger partial charge in [-0.2, -0.15) is 0 Å². The van der Waals surface area contributed by atoms with Gasteiger partial charge < -0.3 is 109 Å². The summed E-state index contributed by atoms with van der Waals surface area (Å²) in [7, 11) is 0. The van der Waals surface area contributed by atoms with Crippen molar-refractivity contribution in [1.29, 1.82) is 0 Å². The highest BCUT2D eigenvalue weighted by atomic mass is 16.8. The fourth-order valence-corrected chi connectivity index (χ4v) is 17.7.